The van der Waals surface area contributed by atoms with Crippen molar-refractivity contribution in [1.29, 1.82) is 0 Å². The van der Waals surface area contributed by atoms with Gasteiger partial charge in [-0.15, -0.1) is 0 Å². The summed E-state index contributed by atoms with van der Waals surface area (Å²) in [6.07, 6.45) is 12.2. The second-order valence-electron chi connectivity index (χ2n) is 5.17. The largest absolute Gasteiger partial charge is 0.388 e. The third kappa shape index (κ3) is 3.32. The summed E-state index contributed by atoms with van der Waals surface area (Å²) in [4.78, 5) is 4.11. The molecule has 0 aliphatic rings. The van der Waals surface area contributed by atoms with Crippen LogP contribution in [0, 0.1) is 5.92 Å². The van der Waals surface area contributed by atoms with Gasteiger partial charge in [-0.25, -0.2) is 4.52 Å². The summed E-state index contributed by atoms with van der Waals surface area (Å²) in [7, 11) is 0. The number of aromatic nitrogens is 3. The number of rotatable bonds is 7. The molecular weight excluding hydrogens is 238 g/mol. The monoisotopic (exact) mass is 261 g/mol. The van der Waals surface area contributed by atoms with Gasteiger partial charge in [-0.2, -0.15) is 5.10 Å². The normalized spacial score (nSPS) is 14.7. The number of hydrogen-bond donors (Lipinski definition) is 1. The van der Waals surface area contributed by atoms with Gasteiger partial charge < -0.3 is 5.11 Å². The fraction of sp³-hybridized carbons (Fsp3) is 0.600. The number of nitrogens with zero attached hydrogens (tertiary/aromatic N) is 3. The quantitative estimate of drug-likeness (QED) is 0.831. The van der Waals surface area contributed by atoms with Crippen molar-refractivity contribution in [2.24, 2.45) is 5.92 Å². The van der Waals surface area contributed by atoms with E-state index in [2.05, 4.69) is 23.9 Å². The van der Waals surface area contributed by atoms with Crippen LogP contribution in [-0.2, 0) is 0 Å². The first-order chi connectivity index (χ1) is 9.26. The summed E-state index contributed by atoms with van der Waals surface area (Å²) in [6, 6.07) is 0. The average Bonchev–Trinajstić information content (AvgIpc) is 2.87. The fourth-order valence-corrected chi connectivity index (χ4v) is 2.53. The summed E-state index contributed by atoms with van der Waals surface area (Å²) >= 11 is 0. The van der Waals surface area contributed by atoms with Gasteiger partial charge in [0.05, 0.1) is 24.0 Å². The molecule has 2 rings (SSSR count). The van der Waals surface area contributed by atoms with Crippen molar-refractivity contribution in [3.63, 3.8) is 0 Å². The molecule has 0 saturated carbocycles. The van der Waals surface area contributed by atoms with E-state index in [1.807, 2.05) is 0 Å². The van der Waals surface area contributed by atoms with Crippen LogP contribution in [0.2, 0.25) is 0 Å². The smallest absolute Gasteiger partial charge is 0.0902 e. The highest BCUT2D eigenvalue weighted by Crippen LogP contribution is 2.28. The maximum absolute atomic E-state index is 10.4. The van der Waals surface area contributed by atoms with Crippen LogP contribution in [0.25, 0.3) is 5.52 Å². The van der Waals surface area contributed by atoms with E-state index in [9.17, 15) is 5.11 Å². The molecule has 104 valence electrons. The van der Waals surface area contributed by atoms with E-state index < -0.39 is 6.10 Å². The Kier molecular flexibility index (Phi) is 4.91. The third-order valence-corrected chi connectivity index (χ3v) is 3.81. The van der Waals surface area contributed by atoms with Crippen LogP contribution in [0.15, 0.2) is 24.8 Å². The van der Waals surface area contributed by atoms with Crippen molar-refractivity contribution in [3.8, 4) is 0 Å². The highest BCUT2D eigenvalue weighted by molar-refractivity contribution is 5.52. The van der Waals surface area contributed by atoms with Crippen molar-refractivity contribution in [2.45, 2.75) is 52.1 Å². The van der Waals surface area contributed by atoms with Crippen molar-refractivity contribution in [1.82, 2.24) is 14.6 Å². The summed E-state index contributed by atoms with van der Waals surface area (Å²) in [6.45, 7) is 4.41. The van der Waals surface area contributed by atoms with Crippen molar-refractivity contribution >= 4 is 5.52 Å². The molecule has 2 heterocycles. The van der Waals surface area contributed by atoms with Gasteiger partial charge in [0, 0.05) is 18.0 Å². The SMILES string of the molecule is CCCCC(CC)CC(O)c1cnn2ccncc12. The van der Waals surface area contributed by atoms with E-state index in [-0.39, 0.29) is 0 Å². The molecule has 0 spiro atoms. The zero-order valence-electron chi connectivity index (χ0n) is 11.8. The Morgan fingerprint density at radius 2 is 2.16 bits per heavy atom. The first kappa shape index (κ1) is 14.0. The summed E-state index contributed by atoms with van der Waals surface area (Å²) in [5.41, 5.74) is 1.79. The molecule has 0 amide bonds. The summed E-state index contributed by atoms with van der Waals surface area (Å²) in [5.74, 6) is 0.585. The molecule has 0 radical (unpaired) electrons. The lowest BCUT2D eigenvalue weighted by atomic mass is 9.91. The second kappa shape index (κ2) is 6.66. The molecule has 1 N–H and O–H groups in total. The lowest BCUT2D eigenvalue weighted by Gasteiger charge is -2.18. The number of aliphatic hydroxyl groups is 1. The Labute approximate surface area is 114 Å². The Balaban J connectivity index is 2.08. The average molecular weight is 261 g/mol. The van der Waals surface area contributed by atoms with Crippen LogP contribution < -0.4 is 0 Å². The van der Waals surface area contributed by atoms with Crippen LogP contribution in [0.3, 0.4) is 0 Å². The van der Waals surface area contributed by atoms with Gasteiger partial charge in [-0.05, 0) is 12.3 Å². The lowest BCUT2D eigenvalue weighted by molar-refractivity contribution is 0.140. The van der Waals surface area contributed by atoms with E-state index in [0.717, 1.165) is 23.9 Å². The predicted octanol–water partition coefficient (Wildman–Crippen LogP) is 3.37. The van der Waals surface area contributed by atoms with E-state index in [4.69, 9.17) is 0 Å². The zero-order valence-corrected chi connectivity index (χ0v) is 11.8. The molecule has 2 aromatic heterocycles. The van der Waals surface area contributed by atoms with Crippen LogP contribution in [-0.4, -0.2) is 19.7 Å². The van der Waals surface area contributed by atoms with Crippen LogP contribution >= 0.6 is 0 Å². The molecule has 0 fully saturated rings. The van der Waals surface area contributed by atoms with Gasteiger partial charge in [0.25, 0.3) is 0 Å². The molecule has 0 saturated heterocycles. The van der Waals surface area contributed by atoms with Crippen LogP contribution in [0.1, 0.15) is 57.6 Å². The first-order valence-corrected chi connectivity index (χ1v) is 7.21. The fourth-order valence-electron chi connectivity index (χ4n) is 2.53. The molecule has 4 heteroatoms. The van der Waals surface area contributed by atoms with Crippen LogP contribution in [0.4, 0.5) is 0 Å². The van der Waals surface area contributed by atoms with E-state index in [1.165, 1.54) is 19.3 Å². The highest BCUT2D eigenvalue weighted by Gasteiger charge is 2.18. The molecular formula is C15H23N3O. The molecule has 4 nitrogen and oxygen atoms in total. The number of hydrogen-bond acceptors (Lipinski definition) is 3. The molecule has 19 heavy (non-hydrogen) atoms. The van der Waals surface area contributed by atoms with Gasteiger partial charge in [-0.1, -0.05) is 39.5 Å². The Morgan fingerprint density at radius 3 is 2.89 bits per heavy atom. The van der Waals surface area contributed by atoms with E-state index in [0.29, 0.717) is 5.92 Å². The molecule has 0 bridgehead atoms. The molecule has 0 aliphatic heterocycles. The summed E-state index contributed by atoms with van der Waals surface area (Å²) in [5, 5.41) is 14.7. The van der Waals surface area contributed by atoms with Gasteiger partial charge in [0.2, 0.25) is 0 Å². The second-order valence-corrected chi connectivity index (χ2v) is 5.17. The first-order valence-electron chi connectivity index (χ1n) is 7.21. The van der Waals surface area contributed by atoms with E-state index >= 15 is 0 Å². The Bertz CT molecular complexity index is 509. The van der Waals surface area contributed by atoms with Crippen molar-refractivity contribution in [2.75, 3.05) is 0 Å². The third-order valence-electron chi connectivity index (χ3n) is 3.81. The molecule has 2 aromatic rings. The zero-order chi connectivity index (χ0) is 13.7. The van der Waals surface area contributed by atoms with Crippen molar-refractivity contribution < 1.29 is 5.11 Å². The number of aliphatic hydroxyl groups excluding tert-OH is 1. The van der Waals surface area contributed by atoms with Gasteiger partial charge in [0.1, 0.15) is 0 Å². The minimum Gasteiger partial charge on any atom is -0.388 e. The molecule has 0 aliphatic carbocycles. The minimum atomic E-state index is -0.441. The highest BCUT2D eigenvalue weighted by atomic mass is 16.3. The minimum absolute atomic E-state index is 0.441. The topological polar surface area (TPSA) is 50.4 Å². The standard InChI is InChI=1S/C15H23N3O/c1-3-5-6-12(4-2)9-15(19)13-10-17-18-8-7-16-11-14(13)18/h7-8,10-12,15,19H,3-6,9H2,1-2H3. The molecule has 2 unspecified atom stereocenters. The van der Waals surface area contributed by atoms with Gasteiger partial charge in [-0.3, -0.25) is 4.98 Å². The molecule has 0 aromatic carbocycles. The lowest BCUT2D eigenvalue weighted by Crippen LogP contribution is -2.07. The van der Waals surface area contributed by atoms with Gasteiger partial charge >= 0.3 is 0 Å². The maximum Gasteiger partial charge on any atom is 0.0902 e. The Hall–Kier alpha value is -1.42. The predicted molar refractivity (Wildman–Crippen MR) is 75.9 cm³/mol. The summed E-state index contributed by atoms with van der Waals surface area (Å²) < 4.78 is 1.76. The number of unbranched alkanes of at least 4 members (excludes halogenated alkanes) is 1. The molecule has 2 atom stereocenters. The van der Waals surface area contributed by atoms with Crippen molar-refractivity contribution in [3.05, 3.63) is 30.4 Å². The maximum atomic E-state index is 10.4. The number of fused-ring (bicyclic) bond motifs is 1. The van der Waals surface area contributed by atoms with Crippen LogP contribution in [0.5, 0.6) is 0 Å². The van der Waals surface area contributed by atoms with E-state index in [1.54, 1.807) is 29.3 Å². The Morgan fingerprint density at radius 1 is 1.32 bits per heavy atom. The van der Waals surface area contributed by atoms with Gasteiger partial charge in [0.15, 0.2) is 0 Å².